The summed E-state index contributed by atoms with van der Waals surface area (Å²) >= 11 is 7.72. The number of benzene rings is 1. The van der Waals surface area contributed by atoms with Crippen LogP contribution < -0.4 is 10.6 Å². The minimum Gasteiger partial charge on any atom is -0.354 e. The van der Waals surface area contributed by atoms with E-state index in [1.165, 1.54) is 11.3 Å². The van der Waals surface area contributed by atoms with Crippen LogP contribution in [0.25, 0.3) is 16.6 Å². The maximum atomic E-state index is 11.8. The highest BCUT2D eigenvalue weighted by Crippen LogP contribution is 2.29. The van der Waals surface area contributed by atoms with Crippen LogP contribution in [0.1, 0.15) is 15.2 Å². The minimum atomic E-state index is -0.109. The van der Waals surface area contributed by atoms with Crippen molar-refractivity contribution < 1.29 is 4.79 Å². The Morgan fingerprint density at radius 1 is 1.26 bits per heavy atom. The molecule has 8 heteroatoms. The minimum absolute atomic E-state index is 0.109. The van der Waals surface area contributed by atoms with Gasteiger partial charge in [-0.05, 0) is 30.7 Å². The van der Waals surface area contributed by atoms with Crippen molar-refractivity contribution in [1.82, 2.24) is 20.1 Å². The van der Waals surface area contributed by atoms with Gasteiger partial charge in [0.1, 0.15) is 5.82 Å². The standard InChI is InChI=1S/C19H16ClN5OS/c1-11-4-3-5-14(18(11)20)24-17-6-12-8-23-25(15(12)9-22-17)13-7-16(27-10-13)19(26)21-2/h3-10H,1-2H3,(H,21,26)(H,22,24). The van der Waals surface area contributed by atoms with Gasteiger partial charge in [0, 0.05) is 17.8 Å². The number of fused-ring (bicyclic) bond motifs is 1. The van der Waals surface area contributed by atoms with Gasteiger partial charge in [0.05, 0.1) is 39.2 Å². The van der Waals surface area contributed by atoms with E-state index in [-0.39, 0.29) is 5.91 Å². The van der Waals surface area contributed by atoms with Crippen LogP contribution in [0.15, 0.2) is 48.1 Å². The lowest BCUT2D eigenvalue weighted by molar-refractivity contribution is 0.0967. The highest BCUT2D eigenvalue weighted by atomic mass is 35.5. The van der Waals surface area contributed by atoms with E-state index in [0.717, 1.165) is 27.8 Å². The van der Waals surface area contributed by atoms with Crippen molar-refractivity contribution >= 4 is 51.3 Å². The summed E-state index contributed by atoms with van der Waals surface area (Å²) in [5.74, 6) is 0.577. The number of halogens is 1. The van der Waals surface area contributed by atoms with Crippen molar-refractivity contribution in [2.24, 2.45) is 0 Å². The number of anilines is 2. The van der Waals surface area contributed by atoms with Gasteiger partial charge in [-0.25, -0.2) is 9.67 Å². The summed E-state index contributed by atoms with van der Waals surface area (Å²) in [7, 11) is 1.62. The second-order valence-corrected chi connectivity index (χ2v) is 7.28. The predicted molar refractivity (Wildman–Crippen MR) is 110 cm³/mol. The fourth-order valence-corrected chi connectivity index (χ4v) is 3.75. The van der Waals surface area contributed by atoms with E-state index in [9.17, 15) is 4.79 Å². The first kappa shape index (κ1) is 17.5. The van der Waals surface area contributed by atoms with Gasteiger partial charge < -0.3 is 10.6 Å². The van der Waals surface area contributed by atoms with Crippen molar-refractivity contribution in [2.75, 3.05) is 12.4 Å². The Morgan fingerprint density at radius 3 is 2.93 bits per heavy atom. The monoisotopic (exact) mass is 397 g/mol. The van der Waals surface area contributed by atoms with Gasteiger partial charge in [-0.15, -0.1) is 11.3 Å². The predicted octanol–water partition coefficient (Wildman–Crippen LogP) is 4.55. The second-order valence-electron chi connectivity index (χ2n) is 5.99. The molecule has 0 radical (unpaired) electrons. The quantitative estimate of drug-likeness (QED) is 0.530. The van der Waals surface area contributed by atoms with Crippen LogP contribution >= 0.6 is 22.9 Å². The molecule has 0 saturated carbocycles. The molecule has 1 aromatic carbocycles. The Bertz CT molecular complexity index is 1150. The zero-order valence-corrected chi connectivity index (χ0v) is 16.2. The number of nitrogens with zero attached hydrogens (tertiary/aromatic N) is 3. The lowest BCUT2D eigenvalue weighted by Crippen LogP contribution is -2.16. The molecule has 0 aliphatic carbocycles. The molecule has 0 fully saturated rings. The fourth-order valence-electron chi connectivity index (χ4n) is 2.76. The van der Waals surface area contributed by atoms with E-state index in [4.69, 9.17) is 11.6 Å². The SMILES string of the molecule is CNC(=O)c1cc(-n2ncc3cc(Nc4cccc(C)c4Cl)ncc32)cs1. The number of amides is 1. The molecular weight excluding hydrogens is 382 g/mol. The van der Waals surface area contributed by atoms with E-state index in [1.54, 1.807) is 24.1 Å². The summed E-state index contributed by atoms with van der Waals surface area (Å²) in [5.41, 5.74) is 3.50. The van der Waals surface area contributed by atoms with E-state index in [1.807, 2.05) is 42.6 Å². The van der Waals surface area contributed by atoms with Gasteiger partial charge in [0.2, 0.25) is 0 Å². The van der Waals surface area contributed by atoms with Crippen LogP contribution in [0.3, 0.4) is 0 Å². The fraction of sp³-hybridized carbons (Fsp3) is 0.105. The Balaban J connectivity index is 1.66. The molecule has 6 nitrogen and oxygen atoms in total. The van der Waals surface area contributed by atoms with Crippen molar-refractivity contribution in [1.29, 1.82) is 0 Å². The zero-order chi connectivity index (χ0) is 19.0. The third-order valence-corrected chi connectivity index (χ3v) is 5.61. The highest BCUT2D eigenvalue weighted by molar-refractivity contribution is 7.12. The number of carbonyl (C=O) groups excluding carboxylic acids is 1. The molecule has 0 spiro atoms. The number of aryl methyl sites for hydroxylation is 1. The molecule has 4 rings (SSSR count). The van der Waals surface area contributed by atoms with Gasteiger partial charge in [-0.1, -0.05) is 23.7 Å². The molecule has 0 aliphatic heterocycles. The average molecular weight is 398 g/mol. The smallest absolute Gasteiger partial charge is 0.261 e. The number of aromatic nitrogens is 3. The van der Waals surface area contributed by atoms with Crippen LogP contribution in [0.5, 0.6) is 0 Å². The lowest BCUT2D eigenvalue weighted by Gasteiger charge is -2.09. The van der Waals surface area contributed by atoms with Gasteiger partial charge in [-0.2, -0.15) is 5.10 Å². The summed E-state index contributed by atoms with van der Waals surface area (Å²) in [6.45, 7) is 1.96. The third kappa shape index (κ3) is 3.27. The number of hydrogen-bond donors (Lipinski definition) is 2. The van der Waals surface area contributed by atoms with Crippen LogP contribution in [0, 0.1) is 6.92 Å². The van der Waals surface area contributed by atoms with Crippen molar-refractivity contribution in [2.45, 2.75) is 6.92 Å². The van der Waals surface area contributed by atoms with Crippen molar-refractivity contribution in [3.05, 3.63) is 63.6 Å². The van der Waals surface area contributed by atoms with Crippen LogP contribution in [0.2, 0.25) is 5.02 Å². The highest BCUT2D eigenvalue weighted by Gasteiger charge is 2.12. The maximum Gasteiger partial charge on any atom is 0.261 e. The van der Waals surface area contributed by atoms with E-state index in [0.29, 0.717) is 15.7 Å². The Hall–Kier alpha value is -2.90. The number of thiophene rings is 1. The lowest BCUT2D eigenvalue weighted by atomic mass is 10.2. The van der Waals surface area contributed by atoms with Crippen LogP contribution in [0.4, 0.5) is 11.5 Å². The van der Waals surface area contributed by atoms with Gasteiger partial charge in [-0.3, -0.25) is 4.79 Å². The summed E-state index contributed by atoms with van der Waals surface area (Å²) in [5, 5.41) is 13.8. The topological polar surface area (TPSA) is 71.8 Å². The number of hydrogen-bond acceptors (Lipinski definition) is 5. The van der Waals surface area contributed by atoms with E-state index >= 15 is 0 Å². The number of pyridine rings is 1. The molecule has 4 aromatic rings. The molecule has 0 bridgehead atoms. The van der Waals surface area contributed by atoms with Crippen LogP contribution in [-0.2, 0) is 0 Å². The molecule has 1 amide bonds. The Labute approximate surface area is 164 Å². The molecule has 0 unspecified atom stereocenters. The number of carbonyl (C=O) groups is 1. The molecule has 136 valence electrons. The summed E-state index contributed by atoms with van der Waals surface area (Å²) < 4.78 is 1.77. The van der Waals surface area contributed by atoms with Crippen LogP contribution in [-0.4, -0.2) is 27.7 Å². The molecule has 27 heavy (non-hydrogen) atoms. The number of nitrogens with one attached hydrogen (secondary N) is 2. The summed E-state index contributed by atoms with van der Waals surface area (Å²) in [4.78, 5) is 16.9. The summed E-state index contributed by atoms with van der Waals surface area (Å²) in [6, 6.07) is 9.55. The molecule has 0 atom stereocenters. The second kappa shape index (κ2) is 7.02. The number of rotatable bonds is 4. The molecule has 0 aliphatic rings. The molecular formula is C19H16ClN5OS. The molecule has 3 aromatic heterocycles. The normalized spacial score (nSPS) is 10.9. The molecule has 3 heterocycles. The first-order chi connectivity index (χ1) is 13.1. The molecule has 0 saturated heterocycles. The largest absolute Gasteiger partial charge is 0.354 e. The van der Waals surface area contributed by atoms with Crippen molar-refractivity contribution in [3.8, 4) is 5.69 Å². The van der Waals surface area contributed by atoms with E-state index in [2.05, 4.69) is 20.7 Å². The van der Waals surface area contributed by atoms with Crippen molar-refractivity contribution in [3.63, 3.8) is 0 Å². The molecule has 2 N–H and O–H groups in total. The van der Waals surface area contributed by atoms with E-state index < -0.39 is 0 Å². The maximum absolute atomic E-state index is 11.8. The summed E-state index contributed by atoms with van der Waals surface area (Å²) in [6.07, 6.45) is 3.53. The van der Waals surface area contributed by atoms with Gasteiger partial charge in [0.15, 0.2) is 0 Å². The van der Waals surface area contributed by atoms with Gasteiger partial charge >= 0.3 is 0 Å². The first-order valence-electron chi connectivity index (χ1n) is 8.23. The first-order valence-corrected chi connectivity index (χ1v) is 9.49. The zero-order valence-electron chi connectivity index (χ0n) is 14.7. The Morgan fingerprint density at radius 2 is 2.11 bits per heavy atom. The van der Waals surface area contributed by atoms with Gasteiger partial charge in [0.25, 0.3) is 5.91 Å². The third-order valence-electron chi connectivity index (χ3n) is 4.19. The Kier molecular flexibility index (Phi) is 4.55. The average Bonchev–Trinajstić information content (AvgIpc) is 3.31.